The molecule has 63 valence electrons. The van der Waals surface area contributed by atoms with Crippen molar-refractivity contribution in [3.8, 4) is 0 Å². The molecule has 0 heterocycles. The van der Waals surface area contributed by atoms with Crippen molar-refractivity contribution in [1.29, 1.82) is 0 Å². The predicted molar refractivity (Wildman–Crippen MR) is 54.8 cm³/mol. The molecule has 1 unspecified atom stereocenters. The third kappa shape index (κ3) is 2.40. The molecule has 0 aliphatic rings. The van der Waals surface area contributed by atoms with Crippen LogP contribution in [0.15, 0.2) is 24.3 Å². The number of hydrogen-bond donors (Lipinski definition) is 0. The van der Waals surface area contributed by atoms with Crippen LogP contribution in [0.3, 0.4) is 0 Å². The van der Waals surface area contributed by atoms with E-state index >= 15 is 0 Å². The minimum absolute atomic E-state index is 0.630. The van der Waals surface area contributed by atoms with Crippen LogP contribution in [0.5, 0.6) is 0 Å². The van der Waals surface area contributed by atoms with E-state index in [1.807, 2.05) is 12.1 Å². The Balaban J connectivity index is 2.94. The molecular formula is C10H12ClSn. The van der Waals surface area contributed by atoms with E-state index in [9.17, 15) is 0 Å². The van der Waals surface area contributed by atoms with Gasteiger partial charge >= 0.3 is 92.7 Å². The Morgan fingerprint density at radius 2 is 1.83 bits per heavy atom. The van der Waals surface area contributed by atoms with Crippen LogP contribution in [-0.2, 0) is 0 Å². The monoisotopic (exact) mass is 287 g/mol. The van der Waals surface area contributed by atoms with E-state index in [0.29, 0.717) is 9.85 Å². The molecule has 2 heteroatoms. The molecule has 1 rings (SSSR count). The van der Waals surface area contributed by atoms with Gasteiger partial charge in [-0.15, -0.1) is 0 Å². The van der Waals surface area contributed by atoms with Gasteiger partial charge < -0.3 is 0 Å². The van der Waals surface area contributed by atoms with Gasteiger partial charge in [0.25, 0.3) is 0 Å². The molecule has 0 saturated carbocycles. The first kappa shape index (κ1) is 10.4. The summed E-state index contributed by atoms with van der Waals surface area (Å²) in [6, 6.07) is 8.13. The normalized spacial score (nSPS) is 13.4. The van der Waals surface area contributed by atoms with E-state index in [4.69, 9.17) is 11.6 Å². The summed E-state index contributed by atoms with van der Waals surface area (Å²) < 4.78 is 0.630. The summed E-state index contributed by atoms with van der Waals surface area (Å²) in [5.41, 5.74) is 1.30. The van der Waals surface area contributed by atoms with Gasteiger partial charge in [0.15, 0.2) is 0 Å². The first-order chi connectivity index (χ1) is 5.63. The van der Waals surface area contributed by atoms with Gasteiger partial charge in [-0.05, 0) is 0 Å². The summed E-state index contributed by atoms with van der Waals surface area (Å²) in [5.74, 6) is 0.683. The molecule has 0 aromatic heterocycles. The van der Waals surface area contributed by atoms with E-state index in [2.05, 4.69) is 26.0 Å². The molecule has 12 heavy (non-hydrogen) atoms. The number of halogens is 1. The molecule has 3 radical (unpaired) electrons. The first-order valence-electron chi connectivity index (χ1n) is 4.08. The van der Waals surface area contributed by atoms with Crippen molar-refractivity contribution in [3.63, 3.8) is 0 Å². The van der Waals surface area contributed by atoms with Gasteiger partial charge in [-0.3, -0.25) is 0 Å². The molecule has 0 aliphatic carbocycles. The van der Waals surface area contributed by atoms with Crippen molar-refractivity contribution >= 4 is 34.1 Å². The Kier molecular flexibility index (Phi) is 3.91. The Morgan fingerprint density at radius 3 is 2.33 bits per heavy atom. The van der Waals surface area contributed by atoms with E-state index in [0.717, 1.165) is 5.02 Å². The van der Waals surface area contributed by atoms with Gasteiger partial charge in [-0.1, -0.05) is 0 Å². The van der Waals surface area contributed by atoms with Crippen LogP contribution >= 0.6 is 11.6 Å². The zero-order valence-electron chi connectivity index (χ0n) is 7.34. The zero-order valence-corrected chi connectivity index (χ0v) is 11.0. The van der Waals surface area contributed by atoms with Crippen LogP contribution in [0.4, 0.5) is 0 Å². The number of benzene rings is 1. The fraction of sp³-hybridized carbons (Fsp3) is 0.400. The molecule has 0 saturated heterocycles. The maximum atomic E-state index is 6.08. The van der Waals surface area contributed by atoms with Gasteiger partial charge in [-0.25, -0.2) is 0 Å². The standard InChI is InChI=1S/C10H12Cl.Sn/c1-8(2)7-9-5-3-4-6-10(9)11;/h3-8H,1-2H3;. The Morgan fingerprint density at radius 1 is 1.25 bits per heavy atom. The van der Waals surface area contributed by atoms with Crippen LogP contribution in [0.25, 0.3) is 0 Å². The van der Waals surface area contributed by atoms with Crippen molar-refractivity contribution in [2.24, 2.45) is 5.92 Å². The quantitative estimate of drug-likeness (QED) is 0.732. The predicted octanol–water partition coefficient (Wildman–Crippen LogP) is 3.21. The van der Waals surface area contributed by atoms with Crippen LogP contribution < -0.4 is 0 Å². The summed E-state index contributed by atoms with van der Waals surface area (Å²) in [7, 11) is 0. The molecule has 1 atom stereocenters. The SMILES string of the molecule is CC(C)[CH]([Sn])c1ccccc1Cl. The summed E-state index contributed by atoms with van der Waals surface area (Å²) in [4.78, 5) is 0. The molecule has 0 nitrogen and oxygen atoms in total. The van der Waals surface area contributed by atoms with Gasteiger partial charge in [0.2, 0.25) is 0 Å². The first-order valence-corrected chi connectivity index (χ1v) is 6.11. The molecule has 0 bridgehead atoms. The Bertz CT molecular complexity index is 258. The third-order valence-electron chi connectivity index (χ3n) is 1.91. The average Bonchev–Trinajstić information content (AvgIpc) is 2.04. The molecule has 0 spiro atoms. The van der Waals surface area contributed by atoms with Crippen molar-refractivity contribution in [3.05, 3.63) is 34.9 Å². The third-order valence-corrected chi connectivity index (χ3v) is 5.04. The minimum atomic E-state index is 0.630. The Hall–Kier alpha value is 0.309. The summed E-state index contributed by atoms with van der Waals surface area (Å²) in [6.07, 6.45) is 0. The molecule has 1 aromatic rings. The van der Waals surface area contributed by atoms with Crippen LogP contribution in [0.2, 0.25) is 5.02 Å². The Labute approximate surface area is 92.4 Å². The fourth-order valence-electron chi connectivity index (χ4n) is 1.09. The van der Waals surface area contributed by atoms with Gasteiger partial charge in [0.05, 0.1) is 0 Å². The van der Waals surface area contributed by atoms with Crippen molar-refractivity contribution in [2.45, 2.75) is 17.8 Å². The van der Waals surface area contributed by atoms with Gasteiger partial charge in [-0.2, -0.15) is 0 Å². The summed E-state index contributed by atoms with van der Waals surface area (Å²) in [6.45, 7) is 4.48. The van der Waals surface area contributed by atoms with E-state index < -0.39 is 0 Å². The van der Waals surface area contributed by atoms with Crippen LogP contribution in [0.1, 0.15) is 23.3 Å². The van der Waals surface area contributed by atoms with E-state index in [1.165, 1.54) is 5.56 Å². The summed E-state index contributed by atoms with van der Waals surface area (Å²) >= 11 is 7.62. The average molecular weight is 286 g/mol. The van der Waals surface area contributed by atoms with Gasteiger partial charge in [0.1, 0.15) is 0 Å². The van der Waals surface area contributed by atoms with Crippen molar-refractivity contribution < 1.29 is 0 Å². The van der Waals surface area contributed by atoms with Crippen LogP contribution in [-0.4, -0.2) is 22.5 Å². The second-order valence-corrected chi connectivity index (χ2v) is 5.43. The molecule has 0 aliphatic heterocycles. The van der Waals surface area contributed by atoms with E-state index in [1.54, 1.807) is 22.5 Å². The van der Waals surface area contributed by atoms with E-state index in [-0.39, 0.29) is 0 Å². The van der Waals surface area contributed by atoms with Gasteiger partial charge in [0, 0.05) is 0 Å². The van der Waals surface area contributed by atoms with Crippen molar-refractivity contribution in [1.82, 2.24) is 0 Å². The van der Waals surface area contributed by atoms with Crippen molar-refractivity contribution in [2.75, 3.05) is 0 Å². The molecular weight excluding hydrogens is 274 g/mol. The molecule has 0 N–H and O–H groups in total. The maximum absolute atomic E-state index is 6.08. The second-order valence-electron chi connectivity index (χ2n) is 3.24. The number of hydrogen-bond acceptors (Lipinski definition) is 0. The molecule has 1 aromatic carbocycles. The number of rotatable bonds is 2. The molecule has 0 fully saturated rings. The molecule has 0 amide bonds. The zero-order chi connectivity index (χ0) is 9.14. The second kappa shape index (κ2) is 4.52. The fourth-order valence-corrected chi connectivity index (χ4v) is 2.32. The van der Waals surface area contributed by atoms with Crippen LogP contribution in [0, 0.1) is 5.92 Å². The summed E-state index contributed by atoms with van der Waals surface area (Å²) in [5, 5.41) is 0.910. The topological polar surface area (TPSA) is 0 Å².